The highest BCUT2D eigenvalue weighted by Gasteiger charge is 2.09. The molecule has 0 aromatic heterocycles. The Kier molecular flexibility index (Phi) is 4.83. The molecule has 0 unspecified atom stereocenters. The van der Waals surface area contributed by atoms with E-state index in [1.54, 1.807) is 18.2 Å². The van der Waals surface area contributed by atoms with E-state index in [1.807, 2.05) is 30.3 Å². The summed E-state index contributed by atoms with van der Waals surface area (Å²) in [4.78, 5) is 11.1. The molecule has 0 aliphatic heterocycles. The Balaban J connectivity index is 1.97. The molecule has 0 bridgehead atoms. The molecule has 0 heterocycles. The molecule has 2 aromatic carbocycles. The van der Waals surface area contributed by atoms with Crippen molar-refractivity contribution in [2.24, 2.45) is 0 Å². The summed E-state index contributed by atoms with van der Waals surface area (Å²) in [7, 11) is 0. The monoisotopic (exact) mass is 294 g/mol. The van der Waals surface area contributed by atoms with Gasteiger partial charge in [-0.3, -0.25) is 4.79 Å². The smallest absolute Gasteiger partial charge is 0.254 e. The van der Waals surface area contributed by atoms with Crippen molar-refractivity contribution in [1.82, 2.24) is 0 Å². The van der Waals surface area contributed by atoms with Crippen molar-refractivity contribution < 1.29 is 9.53 Å². The van der Waals surface area contributed by atoms with Gasteiger partial charge in [0.25, 0.3) is 5.24 Å². The summed E-state index contributed by atoms with van der Waals surface area (Å²) in [6.45, 7) is 0.529. The number of carbonyl (C=O) groups excluding carboxylic acids is 1. The summed E-state index contributed by atoms with van der Waals surface area (Å²) in [5.41, 5.74) is 1.46. The van der Waals surface area contributed by atoms with E-state index in [0.717, 1.165) is 6.42 Å². The van der Waals surface area contributed by atoms with Crippen LogP contribution in [0.2, 0.25) is 5.02 Å². The third-order valence-electron chi connectivity index (χ3n) is 2.65. The van der Waals surface area contributed by atoms with Crippen molar-refractivity contribution in [3.8, 4) is 5.75 Å². The first kappa shape index (κ1) is 13.9. The zero-order chi connectivity index (χ0) is 13.7. The van der Waals surface area contributed by atoms with Gasteiger partial charge in [0, 0.05) is 6.42 Å². The maximum absolute atomic E-state index is 11.1. The fourth-order valence-electron chi connectivity index (χ4n) is 1.68. The first-order chi connectivity index (χ1) is 9.16. The average Bonchev–Trinajstić information content (AvgIpc) is 2.41. The second-order valence-corrected chi connectivity index (χ2v) is 4.75. The summed E-state index contributed by atoms with van der Waals surface area (Å²) in [6, 6.07) is 14.9. The molecule has 0 N–H and O–H groups in total. The van der Waals surface area contributed by atoms with Crippen LogP contribution in [-0.4, -0.2) is 11.8 Å². The lowest BCUT2D eigenvalue weighted by atomic mass is 10.2. The van der Waals surface area contributed by atoms with Gasteiger partial charge in [-0.2, -0.15) is 0 Å². The number of hydrogen-bond acceptors (Lipinski definition) is 2. The van der Waals surface area contributed by atoms with E-state index in [1.165, 1.54) is 5.56 Å². The Hall–Kier alpha value is -1.51. The van der Waals surface area contributed by atoms with Crippen molar-refractivity contribution in [3.05, 3.63) is 64.7 Å². The lowest BCUT2D eigenvalue weighted by molar-refractivity contribution is 0.108. The first-order valence-electron chi connectivity index (χ1n) is 5.83. The van der Waals surface area contributed by atoms with Crippen molar-refractivity contribution in [2.75, 3.05) is 6.61 Å². The summed E-state index contributed by atoms with van der Waals surface area (Å²) < 4.78 is 5.59. The highest BCUT2D eigenvalue weighted by molar-refractivity contribution is 6.68. The van der Waals surface area contributed by atoms with E-state index in [9.17, 15) is 4.79 Å². The van der Waals surface area contributed by atoms with Gasteiger partial charge in [-0.05, 0) is 35.4 Å². The van der Waals surface area contributed by atoms with Gasteiger partial charge < -0.3 is 4.74 Å². The summed E-state index contributed by atoms with van der Waals surface area (Å²) in [5, 5.41) is -0.256. The van der Waals surface area contributed by atoms with E-state index in [4.69, 9.17) is 27.9 Å². The molecule has 2 nitrogen and oxygen atoms in total. The molecule has 0 aliphatic rings. The average molecular weight is 295 g/mol. The molecule has 0 atom stereocenters. The minimum absolute atomic E-state index is 0.264. The first-order valence-corrected chi connectivity index (χ1v) is 6.58. The molecule has 0 spiro atoms. The fraction of sp³-hybridized carbons (Fsp3) is 0.133. The third kappa shape index (κ3) is 3.98. The maximum Gasteiger partial charge on any atom is 0.254 e. The highest BCUT2D eigenvalue weighted by Crippen LogP contribution is 2.23. The summed E-state index contributed by atoms with van der Waals surface area (Å²) in [5.74, 6) is 0.587. The zero-order valence-corrected chi connectivity index (χ0v) is 11.6. The molecule has 2 rings (SSSR count). The number of rotatable bonds is 5. The van der Waals surface area contributed by atoms with Crippen LogP contribution in [0.3, 0.4) is 0 Å². The molecular formula is C15H12Cl2O2. The Labute approximate surface area is 121 Å². The fourth-order valence-corrected chi connectivity index (χ4v) is 2.08. The van der Waals surface area contributed by atoms with Crippen LogP contribution in [0.5, 0.6) is 5.75 Å². The zero-order valence-electron chi connectivity index (χ0n) is 10.1. The summed E-state index contributed by atoms with van der Waals surface area (Å²) >= 11 is 11.3. The molecule has 0 amide bonds. The molecule has 98 valence electrons. The molecule has 4 heteroatoms. The Morgan fingerprint density at radius 1 is 1.11 bits per heavy atom. The van der Waals surface area contributed by atoms with Gasteiger partial charge in [0.1, 0.15) is 5.75 Å². The van der Waals surface area contributed by atoms with Crippen LogP contribution >= 0.6 is 23.2 Å². The largest absolute Gasteiger partial charge is 0.493 e. The molecular weight excluding hydrogens is 283 g/mol. The lowest BCUT2D eigenvalue weighted by Crippen LogP contribution is -2.02. The van der Waals surface area contributed by atoms with Crippen LogP contribution in [0.4, 0.5) is 0 Å². The van der Waals surface area contributed by atoms with Gasteiger partial charge in [-0.25, -0.2) is 0 Å². The van der Waals surface area contributed by atoms with Gasteiger partial charge in [0.05, 0.1) is 17.2 Å². The van der Waals surface area contributed by atoms with Crippen LogP contribution in [-0.2, 0) is 6.42 Å². The number of ether oxygens (including phenoxy) is 1. The number of hydrogen-bond donors (Lipinski definition) is 0. The standard InChI is InChI=1S/C15H12Cl2O2/c16-14-7-6-12(10-13(14)15(17)18)19-9-8-11-4-2-1-3-5-11/h1-7,10H,8-9H2. The molecule has 0 fully saturated rings. The molecule has 0 aliphatic carbocycles. The van der Waals surface area contributed by atoms with Crippen molar-refractivity contribution in [3.63, 3.8) is 0 Å². The van der Waals surface area contributed by atoms with E-state index in [0.29, 0.717) is 17.4 Å². The second-order valence-electron chi connectivity index (χ2n) is 4.00. The number of benzene rings is 2. The van der Waals surface area contributed by atoms with Gasteiger partial charge in [-0.15, -0.1) is 0 Å². The number of halogens is 2. The molecule has 0 saturated carbocycles. The van der Waals surface area contributed by atoms with Crippen LogP contribution in [0, 0.1) is 0 Å². The lowest BCUT2D eigenvalue weighted by Gasteiger charge is -2.08. The van der Waals surface area contributed by atoms with Gasteiger partial charge in [0.15, 0.2) is 0 Å². The predicted molar refractivity (Wildman–Crippen MR) is 77.3 cm³/mol. The summed E-state index contributed by atoms with van der Waals surface area (Å²) in [6.07, 6.45) is 0.799. The Morgan fingerprint density at radius 2 is 1.84 bits per heavy atom. The van der Waals surface area contributed by atoms with E-state index < -0.39 is 5.24 Å². The number of carbonyl (C=O) groups is 1. The topological polar surface area (TPSA) is 26.3 Å². The second kappa shape index (κ2) is 6.60. The normalized spacial score (nSPS) is 10.2. The minimum Gasteiger partial charge on any atom is -0.493 e. The van der Waals surface area contributed by atoms with Crippen LogP contribution < -0.4 is 4.74 Å². The SMILES string of the molecule is O=C(Cl)c1cc(OCCc2ccccc2)ccc1Cl. The van der Waals surface area contributed by atoms with Crippen molar-refractivity contribution in [2.45, 2.75) is 6.42 Å². The molecule has 2 aromatic rings. The Morgan fingerprint density at radius 3 is 2.53 bits per heavy atom. The van der Waals surface area contributed by atoms with Crippen molar-refractivity contribution in [1.29, 1.82) is 0 Å². The predicted octanol–water partition coefficient (Wildman–Crippen LogP) is 4.34. The van der Waals surface area contributed by atoms with Gasteiger partial charge in [0.2, 0.25) is 0 Å². The van der Waals surface area contributed by atoms with Crippen LogP contribution in [0.1, 0.15) is 15.9 Å². The van der Waals surface area contributed by atoms with Crippen molar-refractivity contribution >= 4 is 28.4 Å². The van der Waals surface area contributed by atoms with E-state index in [-0.39, 0.29) is 5.56 Å². The quantitative estimate of drug-likeness (QED) is 0.767. The molecule has 0 radical (unpaired) electrons. The molecule has 19 heavy (non-hydrogen) atoms. The van der Waals surface area contributed by atoms with Crippen LogP contribution in [0.15, 0.2) is 48.5 Å². The van der Waals surface area contributed by atoms with Gasteiger partial charge >= 0.3 is 0 Å². The third-order valence-corrected chi connectivity index (χ3v) is 3.19. The van der Waals surface area contributed by atoms with E-state index in [2.05, 4.69) is 0 Å². The maximum atomic E-state index is 11.1. The Bertz CT molecular complexity index is 568. The molecule has 0 saturated heterocycles. The van der Waals surface area contributed by atoms with Crippen LogP contribution in [0.25, 0.3) is 0 Å². The van der Waals surface area contributed by atoms with E-state index >= 15 is 0 Å². The highest BCUT2D eigenvalue weighted by atomic mass is 35.5. The van der Waals surface area contributed by atoms with Gasteiger partial charge in [-0.1, -0.05) is 41.9 Å². The minimum atomic E-state index is -0.585.